The Morgan fingerprint density at radius 1 is 1.43 bits per heavy atom. The van der Waals surface area contributed by atoms with Gasteiger partial charge in [0, 0.05) is 0 Å². The van der Waals surface area contributed by atoms with Crippen LogP contribution in [0, 0.1) is 11.3 Å². The number of aryl methyl sites for hydroxylation is 1. The van der Waals surface area contributed by atoms with E-state index >= 15 is 0 Å². The van der Waals surface area contributed by atoms with Crippen LogP contribution in [0.4, 0.5) is 5.13 Å². The van der Waals surface area contributed by atoms with E-state index in [0.29, 0.717) is 10.6 Å². The first kappa shape index (κ1) is 15.8. The normalized spacial score (nSPS) is 16.0. The third kappa shape index (κ3) is 3.16. The largest absolute Gasteiger partial charge is 0.486 e. The van der Waals surface area contributed by atoms with Gasteiger partial charge in [0.05, 0.1) is 6.20 Å². The van der Waals surface area contributed by atoms with Crippen LogP contribution in [0.3, 0.4) is 0 Å². The van der Waals surface area contributed by atoms with Crippen LogP contribution in [-0.4, -0.2) is 19.0 Å². The van der Waals surface area contributed by atoms with Gasteiger partial charge in [0.2, 0.25) is 0 Å². The topological polar surface area (TPSA) is 92.1 Å². The van der Waals surface area contributed by atoms with Crippen molar-refractivity contribution in [3.63, 3.8) is 0 Å². The van der Waals surface area contributed by atoms with Crippen LogP contribution in [0.25, 0.3) is 0 Å². The van der Waals surface area contributed by atoms with Crippen molar-refractivity contribution in [2.45, 2.75) is 37.2 Å². The van der Waals surface area contributed by atoms with Gasteiger partial charge in [-0.15, -0.1) is 0 Å². The number of nitrogens with zero attached hydrogens (tertiary/aromatic N) is 2. The number of anilines is 1. The van der Waals surface area contributed by atoms with E-state index in [0.717, 1.165) is 29.7 Å². The number of para-hydroxylation sites is 1. The van der Waals surface area contributed by atoms with Crippen molar-refractivity contribution in [2.75, 3.05) is 4.72 Å². The summed E-state index contributed by atoms with van der Waals surface area (Å²) in [7, 11) is -3.84. The monoisotopic (exact) mass is 349 g/mol. The van der Waals surface area contributed by atoms with Gasteiger partial charge < -0.3 is 4.74 Å². The fourth-order valence-corrected chi connectivity index (χ4v) is 4.42. The van der Waals surface area contributed by atoms with Crippen LogP contribution in [0.1, 0.15) is 30.7 Å². The molecule has 6 nitrogen and oxygen atoms in total. The Labute approximate surface area is 138 Å². The molecule has 0 aliphatic carbocycles. The van der Waals surface area contributed by atoms with E-state index in [1.165, 1.54) is 12.3 Å². The first-order valence-electron chi connectivity index (χ1n) is 7.00. The molecule has 1 aromatic heterocycles. The van der Waals surface area contributed by atoms with E-state index in [9.17, 15) is 8.42 Å². The second kappa shape index (κ2) is 5.51. The molecule has 23 heavy (non-hydrogen) atoms. The number of nitrogens with one attached hydrogen (secondary N) is 1. The average Bonchev–Trinajstić information content (AvgIpc) is 2.92. The zero-order valence-corrected chi connectivity index (χ0v) is 14.3. The lowest BCUT2D eigenvalue weighted by Gasteiger charge is -2.33. The molecule has 1 aliphatic rings. The summed E-state index contributed by atoms with van der Waals surface area (Å²) in [4.78, 5) is 4.34. The van der Waals surface area contributed by atoms with Crippen LogP contribution in [0.2, 0.25) is 0 Å². The van der Waals surface area contributed by atoms with Crippen molar-refractivity contribution >= 4 is 26.5 Å². The first-order chi connectivity index (χ1) is 10.8. The van der Waals surface area contributed by atoms with E-state index in [4.69, 9.17) is 10.00 Å². The van der Waals surface area contributed by atoms with Gasteiger partial charge in [0.25, 0.3) is 10.0 Å². The Balaban J connectivity index is 1.99. The summed E-state index contributed by atoms with van der Waals surface area (Å²) < 4.78 is 33.7. The number of hydrogen-bond acceptors (Lipinski definition) is 6. The number of ether oxygens (including phenoxy) is 1. The minimum Gasteiger partial charge on any atom is -0.486 e. The standard InChI is InChI=1S/C15H15N3O3S2/c1-15(2)7-6-10-4-3-5-12(13(10)21-15)23(19,20)18-14-17-9-11(8-16)22-14/h3-5,9H,6-7H2,1-2H3,(H,17,18). The van der Waals surface area contributed by atoms with E-state index < -0.39 is 15.6 Å². The van der Waals surface area contributed by atoms with Gasteiger partial charge >= 0.3 is 0 Å². The Bertz CT molecular complexity index is 895. The summed E-state index contributed by atoms with van der Waals surface area (Å²) >= 11 is 0.988. The summed E-state index contributed by atoms with van der Waals surface area (Å²) in [6, 6.07) is 7.03. The fourth-order valence-electron chi connectivity index (χ4n) is 2.39. The molecule has 120 valence electrons. The second-order valence-corrected chi connectivity index (χ2v) is 8.53. The molecule has 0 saturated carbocycles. The SMILES string of the molecule is CC1(C)CCc2cccc(S(=O)(=O)Nc3ncc(C#N)s3)c2O1. The lowest BCUT2D eigenvalue weighted by atomic mass is 9.94. The average molecular weight is 349 g/mol. The van der Waals surface area contributed by atoms with Crippen molar-refractivity contribution < 1.29 is 13.2 Å². The molecule has 1 N–H and O–H groups in total. The zero-order chi connectivity index (χ0) is 16.7. The molecule has 2 heterocycles. The Morgan fingerprint density at radius 2 is 2.22 bits per heavy atom. The quantitative estimate of drug-likeness (QED) is 0.920. The molecular weight excluding hydrogens is 334 g/mol. The third-order valence-electron chi connectivity index (χ3n) is 3.56. The minimum atomic E-state index is -3.84. The lowest BCUT2D eigenvalue weighted by molar-refractivity contribution is 0.0806. The maximum Gasteiger partial charge on any atom is 0.267 e. The number of nitriles is 1. The number of aromatic nitrogens is 1. The summed E-state index contributed by atoms with van der Waals surface area (Å²) in [5.74, 6) is 0.397. The van der Waals surface area contributed by atoms with Gasteiger partial charge in [0.15, 0.2) is 5.13 Å². The van der Waals surface area contributed by atoms with Gasteiger partial charge in [-0.3, -0.25) is 4.72 Å². The van der Waals surface area contributed by atoms with Gasteiger partial charge in [-0.1, -0.05) is 23.5 Å². The maximum absolute atomic E-state index is 12.7. The number of hydrogen-bond donors (Lipinski definition) is 1. The number of benzene rings is 1. The molecule has 2 aromatic rings. The molecular formula is C15H15N3O3S2. The third-order valence-corrected chi connectivity index (χ3v) is 5.87. The maximum atomic E-state index is 12.7. The fraction of sp³-hybridized carbons (Fsp3) is 0.333. The zero-order valence-electron chi connectivity index (χ0n) is 12.7. The van der Waals surface area contributed by atoms with Gasteiger partial charge in [-0.05, 0) is 38.3 Å². The summed E-state index contributed by atoms with van der Waals surface area (Å²) in [6.07, 6.45) is 2.93. The minimum absolute atomic E-state index is 0.0940. The molecule has 0 atom stereocenters. The molecule has 0 fully saturated rings. The first-order valence-corrected chi connectivity index (χ1v) is 9.30. The van der Waals surface area contributed by atoms with Crippen LogP contribution >= 0.6 is 11.3 Å². The van der Waals surface area contributed by atoms with Crippen LogP contribution in [-0.2, 0) is 16.4 Å². The van der Waals surface area contributed by atoms with Crippen molar-refractivity contribution in [1.29, 1.82) is 5.26 Å². The van der Waals surface area contributed by atoms with Crippen LogP contribution in [0.15, 0.2) is 29.3 Å². The van der Waals surface area contributed by atoms with E-state index in [1.807, 2.05) is 26.0 Å². The second-order valence-electron chi connectivity index (χ2n) is 5.85. The molecule has 0 radical (unpaired) electrons. The Kier molecular flexibility index (Phi) is 3.78. The van der Waals surface area contributed by atoms with Gasteiger partial charge in [-0.25, -0.2) is 13.4 Å². The molecule has 1 aromatic carbocycles. The number of thiazole rings is 1. The van der Waals surface area contributed by atoms with Crippen LogP contribution < -0.4 is 9.46 Å². The van der Waals surface area contributed by atoms with Crippen molar-refractivity contribution in [2.24, 2.45) is 0 Å². The highest BCUT2D eigenvalue weighted by Crippen LogP contribution is 2.38. The predicted molar refractivity (Wildman–Crippen MR) is 87.1 cm³/mol. The Morgan fingerprint density at radius 3 is 2.91 bits per heavy atom. The van der Waals surface area contributed by atoms with E-state index in [2.05, 4.69) is 9.71 Å². The molecule has 0 amide bonds. The van der Waals surface area contributed by atoms with Gasteiger partial charge in [-0.2, -0.15) is 5.26 Å². The number of sulfonamides is 1. The summed E-state index contributed by atoms with van der Waals surface area (Å²) in [5, 5.41) is 8.97. The molecule has 0 spiro atoms. The summed E-state index contributed by atoms with van der Waals surface area (Å²) in [6.45, 7) is 3.87. The predicted octanol–water partition coefficient (Wildman–Crippen LogP) is 2.92. The highest BCUT2D eigenvalue weighted by molar-refractivity contribution is 7.93. The highest BCUT2D eigenvalue weighted by atomic mass is 32.2. The van der Waals surface area contributed by atoms with E-state index in [1.54, 1.807) is 6.07 Å². The summed E-state index contributed by atoms with van der Waals surface area (Å²) in [5.41, 5.74) is 0.470. The molecule has 0 saturated heterocycles. The van der Waals surface area contributed by atoms with Crippen molar-refractivity contribution in [1.82, 2.24) is 4.98 Å². The molecule has 0 unspecified atom stereocenters. The molecule has 3 rings (SSSR count). The smallest absolute Gasteiger partial charge is 0.267 e. The van der Waals surface area contributed by atoms with Gasteiger partial charge in [0.1, 0.15) is 27.2 Å². The lowest BCUT2D eigenvalue weighted by Crippen LogP contribution is -2.33. The van der Waals surface area contributed by atoms with Crippen molar-refractivity contribution in [3.05, 3.63) is 34.8 Å². The molecule has 0 bridgehead atoms. The highest BCUT2D eigenvalue weighted by Gasteiger charge is 2.32. The number of fused-ring (bicyclic) bond motifs is 1. The van der Waals surface area contributed by atoms with E-state index in [-0.39, 0.29) is 10.0 Å². The van der Waals surface area contributed by atoms with Crippen LogP contribution in [0.5, 0.6) is 5.75 Å². The van der Waals surface area contributed by atoms with Crippen molar-refractivity contribution in [3.8, 4) is 11.8 Å². The Hall–Kier alpha value is -2.11. The number of rotatable bonds is 3. The molecule has 1 aliphatic heterocycles. The molecule has 8 heteroatoms.